The molecule has 1 aliphatic rings. The van der Waals surface area contributed by atoms with Crippen LogP contribution in [0.3, 0.4) is 0 Å². The molecule has 1 atom stereocenters. The smallest absolute Gasteiger partial charge is 0.125 e. The van der Waals surface area contributed by atoms with E-state index in [0.29, 0.717) is 6.04 Å². The van der Waals surface area contributed by atoms with Crippen LogP contribution in [0.15, 0.2) is 12.1 Å². The fourth-order valence-electron chi connectivity index (χ4n) is 2.50. The van der Waals surface area contributed by atoms with Crippen molar-refractivity contribution in [1.29, 1.82) is 0 Å². The minimum absolute atomic E-state index is 0.402. The summed E-state index contributed by atoms with van der Waals surface area (Å²) in [4.78, 5) is 0. The van der Waals surface area contributed by atoms with Crippen LogP contribution in [0.25, 0.3) is 0 Å². The predicted octanol–water partition coefficient (Wildman–Crippen LogP) is 1.84. The molecule has 1 fully saturated rings. The molecule has 1 heterocycles. The van der Waals surface area contributed by atoms with Gasteiger partial charge in [0.15, 0.2) is 0 Å². The van der Waals surface area contributed by atoms with Gasteiger partial charge in [0.2, 0.25) is 0 Å². The quantitative estimate of drug-likeness (QED) is 0.867. The SMILES string of the molecule is COc1c(C)cc(C)cc1CC1COCCN1. The largest absolute Gasteiger partial charge is 0.496 e. The Kier molecular flexibility index (Phi) is 4.02. The molecule has 3 heteroatoms. The van der Waals surface area contributed by atoms with E-state index in [2.05, 4.69) is 31.3 Å². The molecule has 0 aromatic heterocycles. The number of hydrogen-bond donors (Lipinski definition) is 1. The zero-order chi connectivity index (χ0) is 12.3. The molecule has 1 aliphatic heterocycles. The van der Waals surface area contributed by atoms with Crippen LogP contribution in [0, 0.1) is 13.8 Å². The number of benzene rings is 1. The Labute approximate surface area is 103 Å². The second kappa shape index (κ2) is 5.52. The van der Waals surface area contributed by atoms with Crippen LogP contribution in [0.1, 0.15) is 16.7 Å². The minimum Gasteiger partial charge on any atom is -0.496 e. The molecule has 17 heavy (non-hydrogen) atoms. The molecule has 0 spiro atoms. The van der Waals surface area contributed by atoms with Gasteiger partial charge in [0.25, 0.3) is 0 Å². The third kappa shape index (κ3) is 2.99. The average Bonchev–Trinajstić information content (AvgIpc) is 2.30. The molecule has 1 saturated heterocycles. The van der Waals surface area contributed by atoms with Crippen LogP contribution in [-0.2, 0) is 11.2 Å². The molecule has 1 unspecified atom stereocenters. The highest BCUT2D eigenvalue weighted by Crippen LogP contribution is 2.26. The van der Waals surface area contributed by atoms with E-state index in [4.69, 9.17) is 9.47 Å². The Morgan fingerprint density at radius 1 is 1.41 bits per heavy atom. The molecule has 0 aliphatic carbocycles. The van der Waals surface area contributed by atoms with Gasteiger partial charge in [0, 0.05) is 12.6 Å². The standard InChI is InChI=1S/C14H21NO2/c1-10-6-11(2)14(16-3)12(7-10)8-13-9-17-5-4-15-13/h6-7,13,15H,4-5,8-9H2,1-3H3. The van der Waals surface area contributed by atoms with Crippen LogP contribution in [0.5, 0.6) is 5.75 Å². The molecule has 1 aromatic rings. The summed E-state index contributed by atoms with van der Waals surface area (Å²) in [7, 11) is 1.74. The van der Waals surface area contributed by atoms with Gasteiger partial charge in [-0.2, -0.15) is 0 Å². The maximum atomic E-state index is 5.50. The van der Waals surface area contributed by atoms with E-state index in [1.165, 1.54) is 16.7 Å². The van der Waals surface area contributed by atoms with Gasteiger partial charge >= 0.3 is 0 Å². The normalized spacial score (nSPS) is 20.3. The topological polar surface area (TPSA) is 30.5 Å². The van der Waals surface area contributed by atoms with Crippen molar-refractivity contribution in [1.82, 2.24) is 5.32 Å². The first-order valence-corrected chi connectivity index (χ1v) is 6.16. The lowest BCUT2D eigenvalue weighted by atomic mass is 9.99. The van der Waals surface area contributed by atoms with Gasteiger partial charge in [-0.1, -0.05) is 17.7 Å². The summed E-state index contributed by atoms with van der Waals surface area (Å²) in [6.45, 7) is 6.77. The van der Waals surface area contributed by atoms with Crippen molar-refractivity contribution in [3.05, 3.63) is 28.8 Å². The summed E-state index contributed by atoms with van der Waals surface area (Å²) in [6.07, 6.45) is 0.964. The van der Waals surface area contributed by atoms with Crippen molar-refractivity contribution in [2.45, 2.75) is 26.3 Å². The van der Waals surface area contributed by atoms with Crippen molar-refractivity contribution in [2.75, 3.05) is 26.9 Å². The predicted molar refractivity (Wildman–Crippen MR) is 68.8 cm³/mol. The Morgan fingerprint density at radius 3 is 2.88 bits per heavy atom. The highest BCUT2D eigenvalue weighted by Gasteiger charge is 2.16. The summed E-state index contributed by atoms with van der Waals surface area (Å²) >= 11 is 0. The van der Waals surface area contributed by atoms with Crippen LogP contribution in [0.2, 0.25) is 0 Å². The first-order valence-electron chi connectivity index (χ1n) is 6.16. The summed E-state index contributed by atoms with van der Waals surface area (Å²) in [5.74, 6) is 1.02. The van der Waals surface area contributed by atoms with Gasteiger partial charge in [-0.25, -0.2) is 0 Å². The molecular weight excluding hydrogens is 214 g/mol. The van der Waals surface area contributed by atoms with Crippen molar-refractivity contribution in [2.24, 2.45) is 0 Å². The van der Waals surface area contributed by atoms with Gasteiger partial charge in [0.05, 0.1) is 20.3 Å². The van der Waals surface area contributed by atoms with Crippen molar-refractivity contribution < 1.29 is 9.47 Å². The number of ether oxygens (including phenoxy) is 2. The summed E-state index contributed by atoms with van der Waals surface area (Å²) in [5, 5.41) is 3.48. The van der Waals surface area contributed by atoms with E-state index in [9.17, 15) is 0 Å². The number of methoxy groups -OCH3 is 1. The van der Waals surface area contributed by atoms with Gasteiger partial charge in [-0.15, -0.1) is 0 Å². The van der Waals surface area contributed by atoms with E-state index in [1.807, 2.05) is 0 Å². The number of aryl methyl sites for hydroxylation is 2. The minimum atomic E-state index is 0.402. The van der Waals surface area contributed by atoms with Crippen LogP contribution >= 0.6 is 0 Å². The molecule has 1 aromatic carbocycles. The van der Waals surface area contributed by atoms with Crippen LogP contribution < -0.4 is 10.1 Å². The highest BCUT2D eigenvalue weighted by atomic mass is 16.5. The van der Waals surface area contributed by atoms with Crippen molar-refractivity contribution >= 4 is 0 Å². The van der Waals surface area contributed by atoms with E-state index < -0.39 is 0 Å². The van der Waals surface area contributed by atoms with Gasteiger partial charge in [-0.3, -0.25) is 0 Å². The van der Waals surface area contributed by atoms with E-state index in [1.54, 1.807) is 7.11 Å². The second-order valence-corrected chi connectivity index (χ2v) is 4.70. The zero-order valence-electron chi connectivity index (χ0n) is 10.9. The van der Waals surface area contributed by atoms with E-state index in [-0.39, 0.29) is 0 Å². The molecule has 0 bridgehead atoms. The maximum Gasteiger partial charge on any atom is 0.125 e. The number of nitrogens with one attached hydrogen (secondary N) is 1. The third-order valence-corrected chi connectivity index (χ3v) is 3.16. The fraction of sp³-hybridized carbons (Fsp3) is 0.571. The molecule has 0 amide bonds. The third-order valence-electron chi connectivity index (χ3n) is 3.16. The van der Waals surface area contributed by atoms with Crippen LogP contribution in [-0.4, -0.2) is 32.9 Å². The Hall–Kier alpha value is -1.06. The Morgan fingerprint density at radius 2 is 2.24 bits per heavy atom. The highest BCUT2D eigenvalue weighted by molar-refractivity contribution is 5.44. The summed E-state index contributed by atoms with van der Waals surface area (Å²) in [5.41, 5.74) is 3.77. The van der Waals surface area contributed by atoms with Crippen LogP contribution in [0.4, 0.5) is 0 Å². The number of rotatable bonds is 3. The average molecular weight is 235 g/mol. The Balaban J connectivity index is 2.18. The molecule has 1 N–H and O–H groups in total. The van der Waals surface area contributed by atoms with Crippen molar-refractivity contribution in [3.63, 3.8) is 0 Å². The van der Waals surface area contributed by atoms with E-state index >= 15 is 0 Å². The summed E-state index contributed by atoms with van der Waals surface area (Å²) in [6, 6.07) is 4.77. The number of morpholine rings is 1. The van der Waals surface area contributed by atoms with E-state index in [0.717, 1.165) is 31.9 Å². The molecule has 3 nitrogen and oxygen atoms in total. The molecule has 2 rings (SSSR count). The van der Waals surface area contributed by atoms with Crippen molar-refractivity contribution in [3.8, 4) is 5.75 Å². The van der Waals surface area contributed by atoms with Gasteiger partial charge in [-0.05, 0) is 31.4 Å². The molecular formula is C14H21NO2. The van der Waals surface area contributed by atoms with Gasteiger partial charge < -0.3 is 14.8 Å². The summed E-state index contributed by atoms with van der Waals surface area (Å²) < 4.78 is 11.0. The lowest BCUT2D eigenvalue weighted by Gasteiger charge is -2.25. The number of hydrogen-bond acceptors (Lipinski definition) is 3. The monoisotopic (exact) mass is 235 g/mol. The lowest BCUT2D eigenvalue weighted by Crippen LogP contribution is -2.42. The molecule has 0 radical (unpaired) electrons. The zero-order valence-corrected chi connectivity index (χ0v) is 10.9. The first kappa shape index (κ1) is 12.4. The Bertz CT molecular complexity index is 384. The van der Waals surface area contributed by atoms with Gasteiger partial charge in [0.1, 0.15) is 5.75 Å². The molecule has 0 saturated carbocycles. The second-order valence-electron chi connectivity index (χ2n) is 4.70. The molecule has 94 valence electrons. The lowest BCUT2D eigenvalue weighted by molar-refractivity contribution is 0.0768. The fourth-order valence-corrected chi connectivity index (χ4v) is 2.50. The maximum absolute atomic E-state index is 5.50. The first-order chi connectivity index (χ1) is 8.20.